The molecule has 3 nitrogen and oxygen atoms in total. The summed E-state index contributed by atoms with van der Waals surface area (Å²) >= 11 is 0. The Morgan fingerprint density at radius 3 is 2.78 bits per heavy atom. The lowest BCUT2D eigenvalue weighted by molar-refractivity contribution is -0.671. The minimum absolute atomic E-state index is 0. The number of aromatic nitrogens is 1. The molecule has 1 atom stereocenters. The summed E-state index contributed by atoms with van der Waals surface area (Å²) in [6.07, 6.45) is 11.0. The van der Waals surface area contributed by atoms with Crippen LogP contribution in [0.15, 0.2) is 24.5 Å². The lowest BCUT2D eigenvalue weighted by atomic mass is 10.0. The Kier molecular flexibility index (Phi) is 6.13. The molecule has 1 unspecified atom stereocenters. The Bertz CT molecular complexity index is 375. The van der Waals surface area contributed by atoms with Gasteiger partial charge in [0.15, 0.2) is 12.4 Å². The van der Waals surface area contributed by atoms with Crippen molar-refractivity contribution in [3.8, 4) is 0 Å². The summed E-state index contributed by atoms with van der Waals surface area (Å²) in [7, 11) is 2.04. The molecule has 1 aromatic rings. The van der Waals surface area contributed by atoms with Crippen LogP contribution >= 0.6 is 0 Å². The summed E-state index contributed by atoms with van der Waals surface area (Å²) in [4.78, 5) is 0. The summed E-state index contributed by atoms with van der Waals surface area (Å²) in [6, 6.07) is 4.86. The fraction of sp³-hybridized carbons (Fsp3) is 0.571. The van der Waals surface area contributed by atoms with Gasteiger partial charge in [-0.05, 0) is 31.2 Å². The van der Waals surface area contributed by atoms with Gasteiger partial charge in [-0.2, -0.15) is 0 Å². The fourth-order valence-electron chi connectivity index (χ4n) is 2.34. The number of hydrogen-bond donors (Lipinski definition) is 2. The molecule has 0 spiro atoms. The van der Waals surface area contributed by atoms with Crippen molar-refractivity contribution in [2.45, 2.75) is 44.6 Å². The second-order valence-corrected chi connectivity index (χ2v) is 4.98. The first-order chi connectivity index (χ1) is 8.24. The van der Waals surface area contributed by atoms with Crippen molar-refractivity contribution in [1.29, 1.82) is 5.41 Å². The average Bonchev–Trinajstić information content (AvgIpc) is 2.53. The Morgan fingerprint density at radius 1 is 1.33 bits per heavy atom. The molecule has 1 aromatic heterocycles. The van der Waals surface area contributed by atoms with Crippen LogP contribution in [0.3, 0.4) is 0 Å². The summed E-state index contributed by atoms with van der Waals surface area (Å²) in [5, 5.41) is 11.1. The molecule has 1 aliphatic rings. The molecule has 1 fully saturated rings. The minimum atomic E-state index is 0. The van der Waals surface area contributed by atoms with Crippen molar-refractivity contribution in [2.24, 2.45) is 7.05 Å². The maximum atomic E-state index is 7.76. The van der Waals surface area contributed by atoms with Gasteiger partial charge >= 0.3 is 0 Å². The molecular formula is C14H22ClN3. The number of pyridine rings is 1. The Hall–Kier alpha value is -1.09. The highest BCUT2D eigenvalue weighted by molar-refractivity contribution is 5.79. The SMILES string of the molecule is C[n+]1ccc(CCC2CCCCC(=N)N2)cc1.[Cl-]. The highest BCUT2D eigenvalue weighted by Gasteiger charge is 2.14. The maximum absolute atomic E-state index is 7.76. The molecular weight excluding hydrogens is 246 g/mol. The van der Waals surface area contributed by atoms with E-state index < -0.39 is 0 Å². The third-order valence-electron chi connectivity index (χ3n) is 3.44. The molecule has 2 heterocycles. The van der Waals surface area contributed by atoms with Crippen LogP contribution < -0.4 is 22.3 Å². The molecule has 0 aromatic carbocycles. The van der Waals surface area contributed by atoms with Gasteiger partial charge < -0.3 is 17.7 Å². The summed E-state index contributed by atoms with van der Waals surface area (Å²) in [5.41, 5.74) is 1.39. The standard InChI is InChI=1S/C14H22N3.ClH/c1-17-10-8-12(9-11-17)6-7-13-4-2-3-5-14(15)16-13;/h8-11,13H,2-7H2,1H3,(H2,15,16);1H/q+1;/p-1. The van der Waals surface area contributed by atoms with Crippen molar-refractivity contribution in [3.05, 3.63) is 30.1 Å². The first-order valence-corrected chi connectivity index (χ1v) is 6.52. The van der Waals surface area contributed by atoms with Crippen LogP contribution in [0.1, 0.15) is 37.7 Å². The molecule has 1 aliphatic heterocycles. The Balaban J connectivity index is 0.00000162. The number of nitrogens with one attached hydrogen (secondary N) is 2. The van der Waals surface area contributed by atoms with Crippen LogP contribution in [0.2, 0.25) is 0 Å². The van der Waals surface area contributed by atoms with Crippen LogP contribution in [-0.4, -0.2) is 11.9 Å². The number of nitrogens with zero attached hydrogens (tertiary/aromatic N) is 1. The monoisotopic (exact) mass is 267 g/mol. The van der Waals surface area contributed by atoms with E-state index in [0.29, 0.717) is 6.04 Å². The normalized spacial score (nSPS) is 19.6. The van der Waals surface area contributed by atoms with Gasteiger partial charge in [0, 0.05) is 24.6 Å². The van der Waals surface area contributed by atoms with Gasteiger partial charge in [-0.15, -0.1) is 0 Å². The molecule has 1 saturated heterocycles. The highest BCUT2D eigenvalue weighted by Crippen LogP contribution is 2.14. The van der Waals surface area contributed by atoms with E-state index in [1.807, 2.05) is 7.05 Å². The van der Waals surface area contributed by atoms with Crippen LogP contribution in [-0.2, 0) is 13.5 Å². The number of rotatable bonds is 3. The van der Waals surface area contributed by atoms with E-state index >= 15 is 0 Å². The highest BCUT2D eigenvalue weighted by atomic mass is 35.5. The van der Waals surface area contributed by atoms with E-state index in [0.717, 1.165) is 25.1 Å². The Morgan fingerprint density at radius 2 is 2.06 bits per heavy atom. The van der Waals surface area contributed by atoms with Crippen LogP contribution in [0.4, 0.5) is 0 Å². The summed E-state index contributed by atoms with van der Waals surface area (Å²) in [6.45, 7) is 0. The maximum Gasteiger partial charge on any atom is 0.168 e. The topological polar surface area (TPSA) is 39.8 Å². The molecule has 0 radical (unpaired) electrons. The van der Waals surface area contributed by atoms with Gasteiger partial charge in [-0.25, -0.2) is 4.57 Å². The molecule has 0 bridgehead atoms. The summed E-state index contributed by atoms with van der Waals surface area (Å²) in [5.74, 6) is 0.729. The van der Waals surface area contributed by atoms with E-state index in [4.69, 9.17) is 5.41 Å². The quantitative estimate of drug-likeness (QED) is 0.675. The van der Waals surface area contributed by atoms with Crippen molar-refractivity contribution < 1.29 is 17.0 Å². The van der Waals surface area contributed by atoms with Gasteiger partial charge in [0.1, 0.15) is 7.05 Å². The minimum Gasteiger partial charge on any atom is -1.00 e. The van der Waals surface area contributed by atoms with Gasteiger partial charge in [0.2, 0.25) is 0 Å². The molecule has 0 amide bonds. The van der Waals surface area contributed by atoms with E-state index in [1.165, 1.54) is 24.8 Å². The number of aryl methyl sites for hydroxylation is 2. The van der Waals surface area contributed by atoms with E-state index in [9.17, 15) is 0 Å². The van der Waals surface area contributed by atoms with Crippen molar-refractivity contribution in [1.82, 2.24) is 5.32 Å². The molecule has 18 heavy (non-hydrogen) atoms. The molecule has 2 N–H and O–H groups in total. The lowest BCUT2D eigenvalue weighted by Gasteiger charge is -2.16. The first kappa shape index (κ1) is 15.0. The third kappa shape index (κ3) is 4.65. The largest absolute Gasteiger partial charge is 1.00 e. The van der Waals surface area contributed by atoms with Crippen molar-refractivity contribution >= 4 is 5.84 Å². The number of hydrogen-bond acceptors (Lipinski definition) is 1. The van der Waals surface area contributed by atoms with E-state index in [1.54, 1.807) is 0 Å². The Labute approximate surface area is 116 Å². The molecule has 2 rings (SSSR count). The second-order valence-electron chi connectivity index (χ2n) is 4.98. The van der Waals surface area contributed by atoms with Gasteiger partial charge in [-0.3, -0.25) is 5.41 Å². The lowest BCUT2D eigenvalue weighted by Crippen LogP contribution is -3.00. The predicted octanol–water partition coefficient (Wildman–Crippen LogP) is -1.04. The molecule has 0 aliphatic carbocycles. The average molecular weight is 268 g/mol. The van der Waals surface area contributed by atoms with Gasteiger partial charge in [0.25, 0.3) is 0 Å². The van der Waals surface area contributed by atoms with E-state index in [-0.39, 0.29) is 12.4 Å². The van der Waals surface area contributed by atoms with Crippen molar-refractivity contribution in [2.75, 3.05) is 0 Å². The van der Waals surface area contributed by atoms with E-state index in [2.05, 4.69) is 34.4 Å². The zero-order valence-corrected chi connectivity index (χ0v) is 11.7. The van der Waals surface area contributed by atoms with Crippen molar-refractivity contribution in [3.63, 3.8) is 0 Å². The third-order valence-corrected chi connectivity index (χ3v) is 3.44. The molecule has 0 saturated carbocycles. The van der Waals surface area contributed by atoms with Crippen LogP contribution in [0.25, 0.3) is 0 Å². The second kappa shape index (κ2) is 7.37. The van der Waals surface area contributed by atoms with Crippen LogP contribution in [0.5, 0.6) is 0 Å². The predicted molar refractivity (Wildman–Crippen MR) is 69.1 cm³/mol. The zero-order valence-electron chi connectivity index (χ0n) is 11.0. The fourth-order valence-corrected chi connectivity index (χ4v) is 2.34. The number of amidine groups is 1. The molecule has 4 heteroatoms. The smallest absolute Gasteiger partial charge is 0.168 e. The first-order valence-electron chi connectivity index (χ1n) is 6.52. The van der Waals surface area contributed by atoms with Gasteiger partial charge in [0.05, 0.1) is 5.84 Å². The number of halogens is 1. The zero-order chi connectivity index (χ0) is 12.1. The van der Waals surface area contributed by atoms with Gasteiger partial charge in [-0.1, -0.05) is 6.42 Å². The molecule has 100 valence electrons. The summed E-state index contributed by atoms with van der Waals surface area (Å²) < 4.78 is 2.06. The van der Waals surface area contributed by atoms with Crippen LogP contribution in [0, 0.1) is 5.41 Å².